The number of imidazole rings is 1. The van der Waals surface area contributed by atoms with Crippen LogP contribution in [0.5, 0.6) is 0 Å². The van der Waals surface area contributed by atoms with Crippen LogP contribution >= 0.6 is 0 Å². The van der Waals surface area contributed by atoms with Crippen LogP contribution in [0.1, 0.15) is 24.7 Å². The van der Waals surface area contributed by atoms with Crippen LogP contribution in [0.2, 0.25) is 0 Å². The van der Waals surface area contributed by atoms with Crippen molar-refractivity contribution >= 4 is 0 Å². The van der Waals surface area contributed by atoms with Crippen molar-refractivity contribution in [3.8, 4) is 11.3 Å². The van der Waals surface area contributed by atoms with Gasteiger partial charge in [-0.2, -0.15) is 13.2 Å². The minimum absolute atomic E-state index is 0.481. The second-order valence-electron chi connectivity index (χ2n) is 4.50. The van der Waals surface area contributed by atoms with E-state index in [4.69, 9.17) is 0 Å². The smallest absolute Gasteiger partial charge is 0.341 e. The van der Waals surface area contributed by atoms with Crippen molar-refractivity contribution in [3.05, 3.63) is 41.9 Å². The van der Waals surface area contributed by atoms with Gasteiger partial charge >= 0.3 is 6.18 Å². The molecule has 0 amide bonds. The first-order chi connectivity index (χ1) is 9.50. The Morgan fingerprint density at radius 1 is 1.30 bits per heavy atom. The molecular weight excluding hydrogens is 267 g/mol. The molecule has 0 aliphatic carbocycles. The minimum atomic E-state index is -4.33. The fourth-order valence-corrected chi connectivity index (χ4v) is 1.85. The number of H-pyrrole nitrogens is 1. The zero-order valence-electron chi connectivity index (χ0n) is 11.1. The van der Waals surface area contributed by atoms with E-state index >= 15 is 0 Å². The Kier molecular flexibility index (Phi) is 4.44. The highest BCUT2D eigenvalue weighted by Crippen LogP contribution is 2.31. The SMILES string of the molecule is CCCNCc1ncc(-c2cccc(C(F)(F)F)c2)[nH]1. The summed E-state index contributed by atoms with van der Waals surface area (Å²) in [6.45, 7) is 3.51. The number of rotatable bonds is 5. The molecule has 0 aliphatic rings. The Morgan fingerprint density at radius 3 is 2.80 bits per heavy atom. The predicted octanol–water partition coefficient (Wildman–Crippen LogP) is 3.60. The van der Waals surface area contributed by atoms with Gasteiger partial charge in [0.1, 0.15) is 5.82 Å². The summed E-state index contributed by atoms with van der Waals surface area (Å²) in [6, 6.07) is 5.21. The van der Waals surface area contributed by atoms with Gasteiger partial charge in [0.2, 0.25) is 0 Å². The molecule has 3 nitrogen and oxygen atoms in total. The average molecular weight is 283 g/mol. The summed E-state index contributed by atoms with van der Waals surface area (Å²) in [6.07, 6.45) is -1.76. The van der Waals surface area contributed by atoms with Gasteiger partial charge in [-0.05, 0) is 25.1 Å². The largest absolute Gasteiger partial charge is 0.416 e. The lowest BCUT2D eigenvalue weighted by Crippen LogP contribution is -2.14. The van der Waals surface area contributed by atoms with E-state index in [9.17, 15) is 13.2 Å². The molecule has 0 fully saturated rings. The molecule has 1 aromatic heterocycles. The van der Waals surface area contributed by atoms with Crippen LogP contribution in [0.4, 0.5) is 13.2 Å². The number of alkyl halides is 3. The standard InChI is InChI=1S/C14H16F3N3/c1-2-6-18-9-13-19-8-12(20-13)10-4-3-5-11(7-10)14(15,16)17/h3-5,7-8,18H,2,6,9H2,1H3,(H,19,20). The Hall–Kier alpha value is -1.82. The van der Waals surface area contributed by atoms with Crippen molar-refractivity contribution in [3.63, 3.8) is 0 Å². The van der Waals surface area contributed by atoms with E-state index in [2.05, 4.69) is 22.2 Å². The number of benzene rings is 1. The number of halogens is 3. The Morgan fingerprint density at radius 2 is 2.10 bits per heavy atom. The van der Waals surface area contributed by atoms with Gasteiger partial charge in [0.15, 0.2) is 0 Å². The first-order valence-electron chi connectivity index (χ1n) is 6.43. The van der Waals surface area contributed by atoms with E-state index in [1.807, 2.05) is 0 Å². The molecule has 0 bridgehead atoms. The van der Waals surface area contributed by atoms with Crippen molar-refractivity contribution in [1.82, 2.24) is 15.3 Å². The third-order valence-electron chi connectivity index (χ3n) is 2.85. The molecule has 1 heterocycles. The molecule has 2 aromatic rings. The van der Waals surface area contributed by atoms with E-state index in [1.54, 1.807) is 12.3 Å². The van der Waals surface area contributed by atoms with Gasteiger partial charge in [0.05, 0.1) is 24.0 Å². The maximum Gasteiger partial charge on any atom is 0.416 e. The Bertz CT molecular complexity index is 561. The molecule has 108 valence electrons. The molecule has 0 saturated heterocycles. The molecule has 0 saturated carbocycles. The lowest BCUT2D eigenvalue weighted by molar-refractivity contribution is -0.137. The van der Waals surface area contributed by atoms with Gasteiger partial charge in [-0.3, -0.25) is 0 Å². The van der Waals surface area contributed by atoms with Crippen LogP contribution < -0.4 is 5.32 Å². The van der Waals surface area contributed by atoms with Gasteiger partial charge < -0.3 is 10.3 Å². The van der Waals surface area contributed by atoms with Crippen molar-refractivity contribution in [2.24, 2.45) is 0 Å². The van der Waals surface area contributed by atoms with Crippen LogP contribution in [-0.2, 0) is 12.7 Å². The second kappa shape index (κ2) is 6.09. The van der Waals surface area contributed by atoms with Gasteiger partial charge in [-0.1, -0.05) is 19.1 Å². The number of hydrogen-bond donors (Lipinski definition) is 2. The third kappa shape index (κ3) is 3.60. The molecule has 2 N–H and O–H groups in total. The number of hydrogen-bond acceptors (Lipinski definition) is 2. The molecule has 0 aliphatic heterocycles. The van der Waals surface area contributed by atoms with E-state index < -0.39 is 11.7 Å². The molecule has 0 atom stereocenters. The first-order valence-corrected chi connectivity index (χ1v) is 6.43. The lowest BCUT2D eigenvalue weighted by Gasteiger charge is -2.07. The van der Waals surface area contributed by atoms with Crippen LogP contribution in [0, 0.1) is 0 Å². The van der Waals surface area contributed by atoms with Crippen LogP contribution in [0.15, 0.2) is 30.5 Å². The number of nitrogens with one attached hydrogen (secondary N) is 2. The summed E-state index contributed by atoms with van der Waals surface area (Å²) >= 11 is 0. The van der Waals surface area contributed by atoms with Gasteiger partial charge in [0, 0.05) is 5.56 Å². The topological polar surface area (TPSA) is 40.7 Å². The summed E-state index contributed by atoms with van der Waals surface area (Å²) in [5.41, 5.74) is 0.411. The highest BCUT2D eigenvalue weighted by atomic mass is 19.4. The summed E-state index contributed by atoms with van der Waals surface area (Å²) < 4.78 is 38.0. The maximum atomic E-state index is 12.7. The van der Waals surface area contributed by atoms with Crippen LogP contribution in [0.3, 0.4) is 0 Å². The molecule has 0 radical (unpaired) electrons. The van der Waals surface area contributed by atoms with Crippen molar-refractivity contribution in [2.45, 2.75) is 26.1 Å². The fourth-order valence-electron chi connectivity index (χ4n) is 1.85. The molecule has 0 spiro atoms. The van der Waals surface area contributed by atoms with E-state index in [0.29, 0.717) is 23.6 Å². The first kappa shape index (κ1) is 14.6. The molecule has 20 heavy (non-hydrogen) atoms. The number of aromatic nitrogens is 2. The Balaban J connectivity index is 2.16. The maximum absolute atomic E-state index is 12.7. The van der Waals surface area contributed by atoms with Crippen LogP contribution in [-0.4, -0.2) is 16.5 Å². The zero-order chi connectivity index (χ0) is 14.6. The van der Waals surface area contributed by atoms with E-state index in [-0.39, 0.29) is 0 Å². The highest BCUT2D eigenvalue weighted by molar-refractivity contribution is 5.59. The summed E-state index contributed by atoms with van der Waals surface area (Å²) in [5.74, 6) is 0.714. The Labute approximate surface area is 115 Å². The molecule has 6 heteroatoms. The molecule has 1 aromatic carbocycles. The van der Waals surface area contributed by atoms with Gasteiger partial charge in [-0.15, -0.1) is 0 Å². The van der Waals surface area contributed by atoms with Gasteiger partial charge in [0.25, 0.3) is 0 Å². The normalized spacial score (nSPS) is 11.8. The van der Waals surface area contributed by atoms with Crippen LogP contribution in [0.25, 0.3) is 11.3 Å². The predicted molar refractivity (Wildman–Crippen MR) is 71.0 cm³/mol. The average Bonchev–Trinajstić information content (AvgIpc) is 2.87. The van der Waals surface area contributed by atoms with Crippen molar-refractivity contribution in [2.75, 3.05) is 6.54 Å². The number of aromatic amines is 1. The quantitative estimate of drug-likeness (QED) is 0.823. The molecule has 0 unspecified atom stereocenters. The van der Waals surface area contributed by atoms with E-state index in [1.165, 1.54) is 6.07 Å². The summed E-state index contributed by atoms with van der Waals surface area (Å²) in [7, 11) is 0. The van der Waals surface area contributed by atoms with Gasteiger partial charge in [-0.25, -0.2) is 4.98 Å². The van der Waals surface area contributed by atoms with Crippen molar-refractivity contribution in [1.29, 1.82) is 0 Å². The molecule has 2 rings (SSSR count). The lowest BCUT2D eigenvalue weighted by atomic mass is 10.1. The molecular formula is C14H16F3N3. The zero-order valence-corrected chi connectivity index (χ0v) is 11.1. The van der Waals surface area contributed by atoms with E-state index in [0.717, 1.165) is 25.1 Å². The number of nitrogens with zero attached hydrogens (tertiary/aromatic N) is 1. The fraction of sp³-hybridized carbons (Fsp3) is 0.357. The van der Waals surface area contributed by atoms with Crippen molar-refractivity contribution < 1.29 is 13.2 Å². The summed E-state index contributed by atoms with van der Waals surface area (Å²) in [5, 5.41) is 3.18. The minimum Gasteiger partial charge on any atom is -0.341 e. The monoisotopic (exact) mass is 283 g/mol. The summed E-state index contributed by atoms with van der Waals surface area (Å²) in [4.78, 5) is 7.18. The second-order valence-corrected chi connectivity index (χ2v) is 4.50. The highest BCUT2D eigenvalue weighted by Gasteiger charge is 2.30. The third-order valence-corrected chi connectivity index (χ3v) is 2.85.